The largest absolute Gasteiger partial charge is 0.493 e. The van der Waals surface area contributed by atoms with E-state index in [1.165, 1.54) is 5.56 Å². The molecule has 1 unspecified atom stereocenters. The predicted octanol–water partition coefficient (Wildman–Crippen LogP) is 4.48. The zero-order valence-corrected chi connectivity index (χ0v) is 13.2. The maximum Gasteiger partial charge on any atom is 0.127 e. The molecule has 0 saturated carbocycles. The monoisotopic (exact) mass is 351 g/mol. The summed E-state index contributed by atoms with van der Waals surface area (Å²) in [7, 11) is 0. The molecule has 2 aromatic carbocycles. The summed E-state index contributed by atoms with van der Waals surface area (Å²) in [5, 5.41) is 0.667. The second-order valence-electron chi connectivity index (χ2n) is 4.93. The van der Waals surface area contributed by atoms with Crippen LogP contribution in [0.2, 0.25) is 5.02 Å². The van der Waals surface area contributed by atoms with Crippen molar-refractivity contribution in [2.45, 2.75) is 18.9 Å². The Morgan fingerprint density at radius 3 is 2.85 bits per heavy atom. The normalized spacial score (nSPS) is 15.3. The van der Waals surface area contributed by atoms with Crippen molar-refractivity contribution in [1.29, 1.82) is 0 Å². The van der Waals surface area contributed by atoms with Crippen LogP contribution in [-0.2, 0) is 6.42 Å². The zero-order valence-electron chi connectivity index (χ0n) is 10.9. The van der Waals surface area contributed by atoms with E-state index in [4.69, 9.17) is 22.1 Å². The molecule has 0 fully saturated rings. The van der Waals surface area contributed by atoms with Crippen LogP contribution in [0.25, 0.3) is 0 Å². The summed E-state index contributed by atoms with van der Waals surface area (Å²) < 4.78 is 6.78. The molecule has 0 saturated heterocycles. The molecule has 3 rings (SSSR count). The molecule has 2 N–H and O–H groups in total. The van der Waals surface area contributed by atoms with Crippen LogP contribution in [0.3, 0.4) is 0 Å². The molecule has 0 aliphatic carbocycles. The Labute approximate surface area is 132 Å². The molecular weight excluding hydrogens is 338 g/mol. The van der Waals surface area contributed by atoms with Gasteiger partial charge in [0.2, 0.25) is 0 Å². The molecule has 2 nitrogen and oxygen atoms in total. The Kier molecular flexibility index (Phi) is 4.01. The molecule has 1 aliphatic rings. The van der Waals surface area contributed by atoms with E-state index in [-0.39, 0.29) is 6.04 Å². The molecular formula is C16H15BrClNO. The Balaban J connectivity index is 2.04. The summed E-state index contributed by atoms with van der Waals surface area (Å²) in [4.78, 5) is 0. The van der Waals surface area contributed by atoms with Gasteiger partial charge in [0, 0.05) is 15.1 Å². The Morgan fingerprint density at radius 2 is 2.05 bits per heavy atom. The van der Waals surface area contributed by atoms with Gasteiger partial charge in [-0.3, -0.25) is 0 Å². The minimum atomic E-state index is -0.274. The number of benzene rings is 2. The van der Waals surface area contributed by atoms with Crippen molar-refractivity contribution >= 4 is 27.5 Å². The maximum absolute atomic E-state index is 6.41. The van der Waals surface area contributed by atoms with Crippen LogP contribution < -0.4 is 10.5 Å². The van der Waals surface area contributed by atoms with E-state index in [1.807, 2.05) is 30.3 Å². The van der Waals surface area contributed by atoms with E-state index >= 15 is 0 Å². The fraction of sp³-hybridized carbons (Fsp3) is 0.250. The molecule has 0 amide bonds. The third-order valence-corrected chi connectivity index (χ3v) is 4.42. The van der Waals surface area contributed by atoms with Crippen LogP contribution in [0.5, 0.6) is 5.75 Å². The van der Waals surface area contributed by atoms with Gasteiger partial charge in [0.05, 0.1) is 12.6 Å². The molecule has 0 radical (unpaired) electrons. The Hall–Kier alpha value is -1.03. The number of aryl methyl sites for hydroxylation is 1. The van der Waals surface area contributed by atoms with Gasteiger partial charge in [-0.15, -0.1) is 0 Å². The van der Waals surface area contributed by atoms with Gasteiger partial charge in [-0.25, -0.2) is 0 Å². The summed E-state index contributed by atoms with van der Waals surface area (Å²) in [5.74, 6) is 0.935. The third-order valence-electron chi connectivity index (χ3n) is 3.60. The standard InChI is InChI=1S/C16H15BrClNO/c17-11-6-7-12(14(18)9-11)15(19)13-5-1-3-10-4-2-8-20-16(10)13/h1,3,5-7,9,15H,2,4,8,19H2. The topological polar surface area (TPSA) is 35.2 Å². The van der Waals surface area contributed by atoms with Gasteiger partial charge in [0.15, 0.2) is 0 Å². The van der Waals surface area contributed by atoms with Gasteiger partial charge in [-0.1, -0.05) is 51.8 Å². The highest BCUT2D eigenvalue weighted by Gasteiger charge is 2.21. The molecule has 2 aromatic rings. The van der Waals surface area contributed by atoms with E-state index in [2.05, 4.69) is 22.0 Å². The second-order valence-corrected chi connectivity index (χ2v) is 6.25. The van der Waals surface area contributed by atoms with E-state index in [1.54, 1.807) is 0 Å². The highest BCUT2D eigenvalue weighted by atomic mass is 79.9. The van der Waals surface area contributed by atoms with Crippen LogP contribution in [0, 0.1) is 0 Å². The Bertz CT molecular complexity index is 644. The van der Waals surface area contributed by atoms with Crippen molar-refractivity contribution in [3.05, 3.63) is 62.6 Å². The molecule has 1 heterocycles. The molecule has 104 valence electrons. The van der Waals surface area contributed by atoms with Crippen LogP contribution in [0.1, 0.15) is 29.2 Å². The fourth-order valence-electron chi connectivity index (χ4n) is 2.58. The van der Waals surface area contributed by atoms with Gasteiger partial charge < -0.3 is 10.5 Å². The van der Waals surface area contributed by atoms with Crippen LogP contribution >= 0.6 is 27.5 Å². The summed E-state index contributed by atoms with van der Waals surface area (Å²) in [6, 6.07) is 11.7. The average Bonchev–Trinajstić information content (AvgIpc) is 2.46. The zero-order chi connectivity index (χ0) is 14.1. The summed E-state index contributed by atoms with van der Waals surface area (Å²) >= 11 is 9.72. The van der Waals surface area contributed by atoms with Crippen molar-refractivity contribution in [2.75, 3.05) is 6.61 Å². The first-order chi connectivity index (χ1) is 9.66. The van der Waals surface area contributed by atoms with E-state index < -0.39 is 0 Å². The molecule has 20 heavy (non-hydrogen) atoms. The molecule has 4 heteroatoms. The van der Waals surface area contributed by atoms with Crippen molar-refractivity contribution in [2.24, 2.45) is 5.73 Å². The smallest absolute Gasteiger partial charge is 0.127 e. The lowest BCUT2D eigenvalue weighted by atomic mass is 9.94. The van der Waals surface area contributed by atoms with Gasteiger partial charge in [-0.05, 0) is 36.1 Å². The maximum atomic E-state index is 6.41. The highest BCUT2D eigenvalue weighted by molar-refractivity contribution is 9.10. The SMILES string of the molecule is NC(c1ccc(Br)cc1Cl)c1cccc2c1OCCC2. The number of nitrogens with two attached hydrogens (primary N) is 1. The van der Waals surface area contributed by atoms with Crippen molar-refractivity contribution in [3.63, 3.8) is 0 Å². The lowest BCUT2D eigenvalue weighted by Crippen LogP contribution is -2.17. The minimum Gasteiger partial charge on any atom is -0.493 e. The summed E-state index contributed by atoms with van der Waals surface area (Å²) in [6.07, 6.45) is 2.11. The van der Waals surface area contributed by atoms with Gasteiger partial charge in [0.1, 0.15) is 5.75 Å². The van der Waals surface area contributed by atoms with Crippen LogP contribution in [0.15, 0.2) is 40.9 Å². The van der Waals surface area contributed by atoms with E-state index in [9.17, 15) is 0 Å². The van der Waals surface area contributed by atoms with Crippen LogP contribution in [0.4, 0.5) is 0 Å². The third kappa shape index (κ3) is 2.58. The summed E-state index contributed by atoms with van der Waals surface area (Å²) in [6.45, 7) is 0.755. The quantitative estimate of drug-likeness (QED) is 0.865. The highest BCUT2D eigenvalue weighted by Crippen LogP contribution is 2.37. The number of para-hydroxylation sites is 1. The van der Waals surface area contributed by atoms with Gasteiger partial charge >= 0.3 is 0 Å². The fourth-order valence-corrected chi connectivity index (χ4v) is 3.37. The number of halogens is 2. The van der Waals surface area contributed by atoms with E-state index in [0.717, 1.165) is 40.8 Å². The molecule has 0 spiro atoms. The first kappa shape index (κ1) is 13.9. The van der Waals surface area contributed by atoms with Crippen molar-refractivity contribution < 1.29 is 4.74 Å². The number of rotatable bonds is 2. The van der Waals surface area contributed by atoms with Crippen molar-refractivity contribution in [3.8, 4) is 5.75 Å². The van der Waals surface area contributed by atoms with Gasteiger partial charge in [0.25, 0.3) is 0 Å². The molecule has 1 aliphatic heterocycles. The van der Waals surface area contributed by atoms with E-state index in [0.29, 0.717) is 5.02 Å². The number of hydrogen-bond donors (Lipinski definition) is 1. The van der Waals surface area contributed by atoms with Crippen molar-refractivity contribution in [1.82, 2.24) is 0 Å². The number of fused-ring (bicyclic) bond motifs is 1. The van der Waals surface area contributed by atoms with Gasteiger partial charge in [-0.2, -0.15) is 0 Å². The van der Waals surface area contributed by atoms with Crippen LogP contribution in [-0.4, -0.2) is 6.61 Å². The first-order valence-electron chi connectivity index (χ1n) is 6.62. The first-order valence-corrected chi connectivity index (χ1v) is 7.79. The predicted molar refractivity (Wildman–Crippen MR) is 85.4 cm³/mol. The second kappa shape index (κ2) is 5.76. The number of hydrogen-bond acceptors (Lipinski definition) is 2. The molecule has 1 atom stereocenters. The molecule has 0 bridgehead atoms. The number of ether oxygens (including phenoxy) is 1. The average molecular weight is 353 g/mol. The molecule has 0 aromatic heterocycles. The lowest BCUT2D eigenvalue weighted by Gasteiger charge is -2.24. The lowest BCUT2D eigenvalue weighted by molar-refractivity contribution is 0.284. The summed E-state index contributed by atoms with van der Waals surface area (Å²) in [5.41, 5.74) is 9.57. The minimum absolute atomic E-state index is 0.274. The Morgan fingerprint density at radius 1 is 1.20 bits per heavy atom.